The molecule has 2 N–H and O–H groups in total. The summed E-state index contributed by atoms with van der Waals surface area (Å²) in [5.41, 5.74) is 2.39. The van der Waals surface area contributed by atoms with E-state index in [1.54, 1.807) is 31.0 Å². The third-order valence-electron chi connectivity index (χ3n) is 4.19. The fourth-order valence-corrected chi connectivity index (χ4v) is 3.90. The number of nitrogens with one attached hydrogen (secondary N) is 1. The molecule has 0 amide bonds. The highest BCUT2D eigenvalue weighted by Crippen LogP contribution is 2.34. The zero-order chi connectivity index (χ0) is 19.9. The Morgan fingerprint density at radius 1 is 1.11 bits per heavy atom. The van der Waals surface area contributed by atoms with Gasteiger partial charge in [-0.2, -0.15) is 0 Å². The van der Waals surface area contributed by atoms with Crippen molar-refractivity contribution >= 4 is 35.3 Å². The number of phenols is 1. The summed E-state index contributed by atoms with van der Waals surface area (Å²) in [5, 5.41) is 13.5. The molecule has 0 atom stereocenters. The maximum absolute atomic E-state index is 10.8. The Bertz CT molecular complexity index is 960. The van der Waals surface area contributed by atoms with Crippen molar-refractivity contribution in [2.75, 3.05) is 12.4 Å². The molecule has 0 unspecified atom stereocenters. The van der Waals surface area contributed by atoms with Crippen LogP contribution in [0.2, 0.25) is 5.02 Å². The predicted molar refractivity (Wildman–Crippen MR) is 114 cm³/mol. The molecule has 0 spiro atoms. The second-order valence-corrected chi connectivity index (χ2v) is 7.60. The van der Waals surface area contributed by atoms with Gasteiger partial charge < -0.3 is 20.0 Å². The van der Waals surface area contributed by atoms with Crippen LogP contribution in [0.1, 0.15) is 11.1 Å². The number of aromatic hydroxyl groups is 1. The van der Waals surface area contributed by atoms with Crippen molar-refractivity contribution in [3.63, 3.8) is 0 Å². The fourth-order valence-electron chi connectivity index (χ4n) is 2.72. The smallest absolute Gasteiger partial charge is 0.137 e. The van der Waals surface area contributed by atoms with Gasteiger partial charge >= 0.3 is 0 Å². The summed E-state index contributed by atoms with van der Waals surface area (Å²) in [6.45, 7) is 0.584. The first kappa shape index (κ1) is 20.1. The molecule has 0 heterocycles. The number of aldehydes is 1. The third kappa shape index (κ3) is 5.00. The molecule has 3 rings (SSSR count). The molecule has 0 aliphatic heterocycles. The van der Waals surface area contributed by atoms with Gasteiger partial charge in [-0.15, -0.1) is 0 Å². The summed E-state index contributed by atoms with van der Waals surface area (Å²) >= 11 is 7.76. The molecule has 0 radical (unpaired) electrons. The normalized spacial score (nSPS) is 10.5. The summed E-state index contributed by atoms with van der Waals surface area (Å²) < 4.78 is 5.21. The van der Waals surface area contributed by atoms with E-state index >= 15 is 0 Å². The highest BCUT2D eigenvalue weighted by molar-refractivity contribution is 7.99. The molecule has 0 aromatic heterocycles. The molecule has 28 heavy (non-hydrogen) atoms. The molecular formula is C22H20ClNO3S. The van der Waals surface area contributed by atoms with Gasteiger partial charge in [-0.1, -0.05) is 41.6 Å². The molecule has 0 aliphatic rings. The van der Waals surface area contributed by atoms with Crippen LogP contribution in [0, 0.1) is 0 Å². The largest absolute Gasteiger partial charge is 0.506 e. The lowest BCUT2D eigenvalue weighted by molar-refractivity contribution is -0.107. The number of ether oxygens (including phenoxy) is 1. The van der Waals surface area contributed by atoms with Gasteiger partial charge in [0.15, 0.2) is 0 Å². The SMILES string of the molecule is COc1ccc(Sc2ccccc2CNc2cc(Cl)c(O)c(CC=O)c2)cc1. The fraction of sp³-hybridized carbons (Fsp3) is 0.136. The van der Waals surface area contributed by atoms with Gasteiger partial charge in [-0.25, -0.2) is 0 Å². The Labute approximate surface area is 173 Å². The Morgan fingerprint density at radius 3 is 2.57 bits per heavy atom. The minimum absolute atomic E-state index is 0.0465. The summed E-state index contributed by atoms with van der Waals surface area (Å²) in [6, 6.07) is 19.5. The quantitative estimate of drug-likeness (QED) is 0.374. The Balaban J connectivity index is 1.75. The van der Waals surface area contributed by atoms with E-state index in [1.807, 2.05) is 36.4 Å². The number of carbonyl (C=O) groups is 1. The van der Waals surface area contributed by atoms with E-state index in [2.05, 4.69) is 17.4 Å². The lowest BCUT2D eigenvalue weighted by atomic mass is 10.1. The van der Waals surface area contributed by atoms with Gasteiger partial charge in [0.1, 0.15) is 17.8 Å². The van der Waals surface area contributed by atoms with Gasteiger partial charge in [0.2, 0.25) is 0 Å². The molecule has 0 saturated carbocycles. The minimum atomic E-state index is -0.0465. The molecule has 3 aromatic carbocycles. The lowest BCUT2D eigenvalue weighted by Gasteiger charge is -2.13. The first-order valence-electron chi connectivity index (χ1n) is 8.69. The topological polar surface area (TPSA) is 58.6 Å². The highest BCUT2D eigenvalue weighted by atomic mass is 35.5. The van der Waals surface area contributed by atoms with E-state index in [-0.39, 0.29) is 17.2 Å². The second kappa shape index (κ2) is 9.53. The lowest BCUT2D eigenvalue weighted by Crippen LogP contribution is -2.02. The van der Waals surface area contributed by atoms with Crippen molar-refractivity contribution in [2.24, 2.45) is 0 Å². The first-order chi connectivity index (χ1) is 13.6. The number of phenolic OH excluding ortho intramolecular Hbond substituents is 1. The van der Waals surface area contributed by atoms with Gasteiger partial charge in [0.05, 0.1) is 12.1 Å². The molecular weight excluding hydrogens is 394 g/mol. The number of anilines is 1. The van der Waals surface area contributed by atoms with Crippen molar-refractivity contribution in [3.05, 3.63) is 76.8 Å². The Morgan fingerprint density at radius 2 is 1.86 bits per heavy atom. The summed E-state index contributed by atoms with van der Waals surface area (Å²) in [7, 11) is 1.65. The first-order valence-corrected chi connectivity index (χ1v) is 9.89. The minimum Gasteiger partial charge on any atom is -0.506 e. The molecule has 0 saturated heterocycles. The summed E-state index contributed by atoms with van der Waals surface area (Å²) in [4.78, 5) is 13.1. The monoisotopic (exact) mass is 413 g/mol. The van der Waals surface area contributed by atoms with Crippen LogP contribution in [0.4, 0.5) is 5.69 Å². The van der Waals surface area contributed by atoms with E-state index < -0.39 is 0 Å². The summed E-state index contributed by atoms with van der Waals surface area (Å²) in [5.74, 6) is 0.782. The van der Waals surface area contributed by atoms with Crippen LogP contribution in [0.5, 0.6) is 11.5 Å². The number of hydrogen-bond acceptors (Lipinski definition) is 5. The standard InChI is InChI=1S/C22H20ClNO3S/c1-27-18-6-8-19(9-7-18)28-21-5-3-2-4-16(21)14-24-17-12-15(10-11-25)22(26)20(23)13-17/h2-9,11-13,24,26H,10,14H2,1H3. The summed E-state index contributed by atoms with van der Waals surface area (Å²) in [6.07, 6.45) is 0.862. The zero-order valence-electron chi connectivity index (χ0n) is 15.3. The van der Waals surface area contributed by atoms with E-state index in [4.69, 9.17) is 16.3 Å². The van der Waals surface area contributed by atoms with Crippen LogP contribution in [-0.4, -0.2) is 18.5 Å². The molecule has 3 aromatic rings. The number of halogens is 1. The Kier molecular flexibility index (Phi) is 6.85. The van der Waals surface area contributed by atoms with Gasteiger partial charge in [0, 0.05) is 34.0 Å². The number of benzene rings is 3. The van der Waals surface area contributed by atoms with Crippen LogP contribution in [0.15, 0.2) is 70.5 Å². The van der Waals surface area contributed by atoms with Crippen molar-refractivity contribution in [1.29, 1.82) is 0 Å². The van der Waals surface area contributed by atoms with E-state index in [0.717, 1.165) is 33.1 Å². The predicted octanol–water partition coefficient (Wildman–Crippen LogP) is 5.56. The van der Waals surface area contributed by atoms with Crippen LogP contribution >= 0.6 is 23.4 Å². The highest BCUT2D eigenvalue weighted by Gasteiger charge is 2.09. The van der Waals surface area contributed by atoms with Crippen LogP contribution in [0.3, 0.4) is 0 Å². The van der Waals surface area contributed by atoms with Crippen LogP contribution in [0.25, 0.3) is 0 Å². The van der Waals surface area contributed by atoms with Crippen molar-refractivity contribution in [1.82, 2.24) is 0 Å². The van der Waals surface area contributed by atoms with E-state index in [0.29, 0.717) is 12.1 Å². The Hall–Kier alpha value is -2.63. The average molecular weight is 414 g/mol. The van der Waals surface area contributed by atoms with Crippen LogP contribution in [-0.2, 0) is 17.8 Å². The third-order valence-corrected chi connectivity index (χ3v) is 5.60. The number of rotatable bonds is 8. The van der Waals surface area contributed by atoms with Crippen molar-refractivity contribution in [2.45, 2.75) is 22.8 Å². The molecule has 4 nitrogen and oxygen atoms in total. The second-order valence-electron chi connectivity index (χ2n) is 6.08. The maximum Gasteiger partial charge on any atom is 0.137 e. The number of methoxy groups -OCH3 is 1. The van der Waals surface area contributed by atoms with E-state index in [9.17, 15) is 9.90 Å². The van der Waals surface area contributed by atoms with E-state index in [1.165, 1.54) is 0 Å². The molecule has 0 aliphatic carbocycles. The van der Waals surface area contributed by atoms with Gasteiger partial charge in [-0.05, 0) is 48.0 Å². The maximum atomic E-state index is 10.8. The average Bonchev–Trinajstić information content (AvgIpc) is 2.71. The van der Waals surface area contributed by atoms with Gasteiger partial charge in [0.25, 0.3) is 0 Å². The number of hydrogen-bond donors (Lipinski definition) is 2. The van der Waals surface area contributed by atoms with Crippen molar-refractivity contribution in [3.8, 4) is 11.5 Å². The van der Waals surface area contributed by atoms with Gasteiger partial charge in [-0.3, -0.25) is 0 Å². The van der Waals surface area contributed by atoms with Crippen LogP contribution < -0.4 is 10.1 Å². The molecule has 0 fully saturated rings. The number of carbonyl (C=O) groups excluding carboxylic acids is 1. The molecule has 6 heteroatoms. The van der Waals surface area contributed by atoms with Crippen molar-refractivity contribution < 1.29 is 14.6 Å². The zero-order valence-corrected chi connectivity index (χ0v) is 16.9. The molecule has 144 valence electrons. The molecule has 0 bridgehead atoms.